The molecule has 2 heteroatoms. The van der Waals surface area contributed by atoms with Crippen LogP contribution in [-0.2, 0) is 0 Å². The zero-order chi connectivity index (χ0) is 14.3. The number of rotatable bonds is 8. The minimum Gasteiger partial charge on any atom is -0.380 e. The van der Waals surface area contributed by atoms with E-state index in [1.54, 1.807) is 6.08 Å². The van der Waals surface area contributed by atoms with Crippen LogP contribution in [0, 0.1) is 23.7 Å². The van der Waals surface area contributed by atoms with Gasteiger partial charge >= 0.3 is 0 Å². The normalized spacial score (nSPS) is 13.0. The summed E-state index contributed by atoms with van der Waals surface area (Å²) < 4.78 is 0. The van der Waals surface area contributed by atoms with Crippen molar-refractivity contribution in [2.75, 3.05) is 0 Å². The van der Waals surface area contributed by atoms with Crippen LogP contribution in [0.4, 0.5) is 0 Å². The molecule has 2 atom stereocenters. The van der Waals surface area contributed by atoms with Gasteiger partial charge in [-0.25, -0.2) is 0 Å². The largest absolute Gasteiger partial charge is 0.380 e. The van der Waals surface area contributed by atoms with Crippen LogP contribution in [0.25, 0.3) is 0 Å². The van der Waals surface area contributed by atoms with Crippen molar-refractivity contribution in [3.63, 3.8) is 0 Å². The second kappa shape index (κ2) is 13.0. The average Bonchev–Trinajstić information content (AvgIpc) is 2.42. The summed E-state index contributed by atoms with van der Waals surface area (Å²) >= 11 is 0. The minimum atomic E-state index is -0.777. The number of hydrogen-bond donors (Lipinski definition) is 2. The molecule has 0 aromatic heterocycles. The monoisotopic (exact) mass is 260 g/mol. The lowest BCUT2D eigenvalue weighted by atomic mass is 10.1. The smallest absolute Gasteiger partial charge is 0.134 e. The highest BCUT2D eigenvalue weighted by Crippen LogP contribution is 2.04. The number of aliphatic hydroxyl groups is 2. The lowest BCUT2D eigenvalue weighted by molar-refractivity contribution is 0.228. The Morgan fingerprint density at radius 3 is 2.42 bits per heavy atom. The third kappa shape index (κ3) is 12.8. The van der Waals surface area contributed by atoms with Crippen molar-refractivity contribution in [2.24, 2.45) is 0 Å². The van der Waals surface area contributed by atoms with Gasteiger partial charge in [-0.05, 0) is 50.0 Å². The van der Waals surface area contributed by atoms with Gasteiger partial charge < -0.3 is 10.2 Å². The summed E-state index contributed by atoms with van der Waals surface area (Å²) in [6, 6.07) is 0. The predicted octanol–water partition coefficient (Wildman–Crippen LogP) is 2.82. The summed E-state index contributed by atoms with van der Waals surface area (Å²) in [6.45, 7) is 5.53. The second-order valence-corrected chi connectivity index (χ2v) is 4.26. The highest BCUT2D eigenvalue weighted by Gasteiger charge is 1.91. The summed E-state index contributed by atoms with van der Waals surface area (Å²) in [5, 5.41) is 18.7. The van der Waals surface area contributed by atoms with Crippen LogP contribution in [-0.4, -0.2) is 22.4 Å². The first-order valence-corrected chi connectivity index (χ1v) is 6.85. The van der Waals surface area contributed by atoms with Crippen molar-refractivity contribution in [2.45, 2.75) is 57.7 Å². The van der Waals surface area contributed by atoms with Crippen molar-refractivity contribution in [3.8, 4) is 23.7 Å². The number of hydrogen-bond acceptors (Lipinski definition) is 2. The Hall–Kier alpha value is -1.48. The molecule has 2 N–H and O–H groups in total. The Morgan fingerprint density at radius 2 is 1.74 bits per heavy atom. The van der Waals surface area contributed by atoms with E-state index in [-0.39, 0.29) is 0 Å². The molecule has 104 valence electrons. The molecule has 0 bridgehead atoms. The highest BCUT2D eigenvalue weighted by molar-refractivity contribution is 5.29. The molecule has 0 radical (unpaired) electrons. The van der Waals surface area contributed by atoms with E-state index in [1.807, 2.05) is 19.1 Å². The maximum absolute atomic E-state index is 9.51. The van der Waals surface area contributed by atoms with Gasteiger partial charge in [0, 0.05) is 0 Å². The number of allylic oxidation sites excluding steroid dienone is 2. The van der Waals surface area contributed by atoms with Gasteiger partial charge in [-0.3, -0.25) is 0 Å². The lowest BCUT2D eigenvalue weighted by Crippen LogP contribution is -1.99. The van der Waals surface area contributed by atoms with Crippen molar-refractivity contribution in [1.82, 2.24) is 0 Å². The third-order valence-corrected chi connectivity index (χ3v) is 2.51. The molecule has 0 amide bonds. The van der Waals surface area contributed by atoms with Crippen LogP contribution in [0.2, 0.25) is 0 Å². The molecule has 0 spiro atoms. The predicted molar refractivity (Wildman–Crippen MR) is 80.3 cm³/mol. The van der Waals surface area contributed by atoms with Crippen LogP contribution in [0.15, 0.2) is 24.8 Å². The number of aliphatic hydroxyl groups excluding tert-OH is 2. The first-order chi connectivity index (χ1) is 9.20. The van der Waals surface area contributed by atoms with E-state index in [1.165, 1.54) is 12.8 Å². The molecular weight excluding hydrogens is 236 g/mol. The van der Waals surface area contributed by atoms with Gasteiger partial charge in [-0.2, -0.15) is 0 Å². The fourth-order valence-corrected chi connectivity index (χ4v) is 1.33. The summed E-state index contributed by atoms with van der Waals surface area (Å²) in [6.07, 6.45) is 10.2. The van der Waals surface area contributed by atoms with E-state index in [0.29, 0.717) is 6.42 Å². The van der Waals surface area contributed by atoms with Crippen LogP contribution in [0.5, 0.6) is 0 Å². The molecular formula is C17H24O2. The van der Waals surface area contributed by atoms with Gasteiger partial charge in [0.2, 0.25) is 0 Å². The van der Waals surface area contributed by atoms with Crippen LogP contribution in [0.3, 0.4) is 0 Å². The molecule has 0 saturated heterocycles. The van der Waals surface area contributed by atoms with E-state index in [2.05, 4.69) is 30.3 Å². The summed E-state index contributed by atoms with van der Waals surface area (Å²) in [7, 11) is 0. The molecule has 0 aromatic rings. The summed E-state index contributed by atoms with van der Waals surface area (Å²) in [4.78, 5) is 0. The van der Waals surface area contributed by atoms with Gasteiger partial charge in [0.25, 0.3) is 0 Å². The van der Waals surface area contributed by atoms with Crippen molar-refractivity contribution < 1.29 is 10.2 Å². The minimum absolute atomic E-state index is 0.586. The van der Waals surface area contributed by atoms with Gasteiger partial charge in [-0.15, -0.1) is 6.58 Å². The maximum Gasteiger partial charge on any atom is 0.134 e. The molecule has 0 rings (SSSR count). The third-order valence-electron chi connectivity index (χ3n) is 2.51. The van der Waals surface area contributed by atoms with E-state index in [4.69, 9.17) is 5.11 Å². The van der Waals surface area contributed by atoms with E-state index in [0.717, 1.165) is 19.3 Å². The first kappa shape index (κ1) is 17.5. The average molecular weight is 260 g/mol. The van der Waals surface area contributed by atoms with E-state index in [9.17, 15) is 5.11 Å². The van der Waals surface area contributed by atoms with Crippen LogP contribution < -0.4 is 0 Å². The summed E-state index contributed by atoms with van der Waals surface area (Å²) in [5.41, 5.74) is 0. The van der Waals surface area contributed by atoms with E-state index >= 15 is 0 Å². The standard InChI is InChI=1S/C17H24O2/c1-3-5-6-7-8-9-10-14-17(19)15-12-11-13-16(18)4-2/h3,10,14,16-19H,1,4-9H2,2H3/b14-10+/t16-,17-/m0/s1. The maximum atomic E-state index is 9.51. The fraction of sp³-hybridized carbons (Fsp3) is 0.529. The molecule has 19 heavy (non-hydrogen) atoms. The van der Waals surface area contributed by atoms with Gasteiger partial charge in [0.1, 0.15) is 12.2 Å². The van der Waals surface area contributed by atoms with Crippen molar-refractivity contribution in [3.05, 3.63) is 24.8 Å². The molecule has 0 aliphatic rings. The molecule has 0 fully saturated rings. The van der Waals surface area contributed by atoms with Gasteiger partial charge in [0.15, 0.2) is 0 Å². The molecule has 0 aliphatic carbocycles. The van der Waals surface area contributed by atoms with Crippen LogP contribution >= 0.6 is 0 Å². The Bertz CT molecular complexity index is 374. The summed E-state index contributed by atoms with van der Waals surface area (Å²) in [5.74, 6) is 10.2. The highest BCUT2D eigenvalue weighted by atomic mass is 16.3. The second-order valence-electron chi connectivity index (χ2n) is 4.26. The van der Waals surface area contributed by atoms with Crippen LogP contribution in [0.1, 0.15) is 45.4 Å². The lowest BCUT2D eigenvalue weighted by Gasteiger charge is -1.96. The van der Waals surface area contributed by atoms with Crippen molar-refractivity contribution in [1.29, 1.82) is 0 Å². The Labute approximate surface area is 117 Å². The quantitative estimate of drug-likeness (QED) is 0.400. The molecule has 0 aromatic carbocycles. The molecule has 0 heterocycles. The van der Waals surface area contributed by atoms with E-state index < -0.39 is 12.2 Å². The first-order valence-electron chi connectivity index (χ1n) is 6.85. The molecule has 0 aliphatic heterocycles. The molecule has 0 saturated carbocycles. The van der Waals surface area contributed by atoms with Gasteiger partial charge in [-0.1, -0.05) is 37.3 Å². The number of unbranched alkanes of at least 4 members (excludes halogenated alkanes) is 4. The Kier molecular flexibility index (Phi) is 12.0. The molecule has 0 unspecified atom stereocenters. The Balaban J connectivity index is 3.78. The topological polar surface area (TPSA) is 40.5 Å². The molecule has 2 nitrogen and oxygen atoms in total. The fourth-order valence-electron chi connectivity index (χ4n) is 1.33. The zero-order valence-electron chi connectivity index (χ0n) is 11.7. The SMILES string of the molecule is C=CCCCCC/C=C/[C@H](O)C#CC#C[C@@H](O)CC. The van der Waals surface area contributed by atoms with Gasteiger partial charge in [0.05, 0.1) is 0 Å². The van der Waals surface area contributed by atoms with Crippen molar-refractivity contribution >= 4 is 0 Å². The zero-order valence-corrected chi connectivity index (χ0v) is 11.7. The Morgan fingerprint density at radius 1 is 1.05 bits per heavy atom.